The van der Waals surface area contributed by atoms with E-state index in [1.807, 2.05) is 37.1 Å². The second-order valence-electron chi connectivity index (χ2n) is 4.75. The molecule has 106 valence electrons. The Bertz CT molecular complexity index is 378. The molecule has 2 heterocycles. The van der Waals surface area contributed by atoms with E-state index >= 15 is 0 Å². The van der Waals surface area contributed by atoms with Gasteiger partial charge in [-0.3, -0.25) is 14.7 Å². The van der Waals surface area contributed by atoms with Crippen LogP contribution in [0.3, 0.4) is 0 Å². The summed E-state index contributed by atoms with van der Waals surface area (Å²) in [6, 6.07) is 4.29. The van der Waals surface area contributed by atoms with Gasteiger partial charge in [-0.05, 0) is 25.5 Å². The number of carbonyl (C=O) groups is 1. The van der Waals surface area contributed by atoms with E-state index in [1.54, 1.807) is 6.20 Å². The van der Waals surface area contributed by atoms with E-state index in [2.05, 4.69) is 23.7 Å². The first-order valence-electron chi connectivity index (χ1n) is 7.07. The van der Waals surface area contributed by atoms with Crippen molar-refractivity contribution in [2.24, 2.45) is 0 Å². The van der Waals surface area contributed by atoms with E-state index in [1.165, 1.54) is 5.56 Å². The number of carbonyl (C=O) groups excluding carboxylic acids is 1. The molecule has 0 aromatic carbocycles. The Morgan fingerprint density at radius 2 is 2.05 bits per heavy atom. The maximum absolute atomic E-state index is 11.9. The first-order chi connectivity index (χ1) is 9.16. The van der Waals surface area contributed by atoms with Gasteiger partial charge in [0, 0.05) is 38.1 Å². The molecule has 0 bridgehead atoms. The lowest BCUT2D eigenvalue weighted by Gasteiger charge is -2.36. The summed E-state index contributed by atoms with van der Waals surface area (Å²) in [6.45, 7) is 11.2. The lowest BCUT2D eigenvalue weighted by atomic mass is 10.2. The van der Waals surface area contributed by atoms with Crippen molar-refractivity contribution < 1.29 is 4.79 Å². The standard InChI is InChI=1S/C13H19N3O.C2H6/c1-11(2)16-7-6-15(10-13(16)17)9-12-4-3-5-14-8-12;1-2/h3-5,8,11H,6-7,9-10H2,1-2H3;1-2H3. The van der Waals surface area contributed by atoms with Crippen LogP contribution in [0.5, 0.6) is 0 Å². The van der Waals surface area contributed by atoms with Crippen molar-refractivity contribution >= 4 is 5.91 Å². The number of hydrogen-bond donors (Lipinski definition) is 0. The van der Waals surface area contributed by atoms with Crippen molar-refractivity contribution in [3.8, 4) is 0 Å². The number of rotatable bonds is 3. The van der Waals surface area contributed by atoms with Crippen LogP contribution in [0.25, 0.3) is 0 Å². The molecule has 0 aliphatic carbocycles. The zero-order chi connectivity index (χ0) is 14.3. The number of hydrogen-bond acceptors (Lipinski definition) is 3. The molecule has 0 atom stereocenters. The smallest absolute Gasteiger partial charge is 0.237 e. The maximum Gasteiger partial charge on any atom is 0.237 e. The van der Waals surface area contributed by atoms with Gasteiger partial charge in [-0.25, -0.2) is 0 Å². The van der Waals surface area contributed by atoms with Gasteiger partial charge < -0.3 is 4.90 Å². The minimum atomic E-state index is 0.232. The minimum absolute atomic E-state index is 0.232. The fourth-order valence-electron chi connectivity index (χ4n) is 2.17. The molecule has 1 aromatic rings. The molecule has 0 spiro atoms. The highest BCUT2D eigenvalue weighted by atomic mass is 16.2. The summed E-state index contributed by atoms with van der Waals surface area (Å²) < 4.78 is 0. The third-order valence-corrected chi connectivity index (χ3v) is 3.09. The SMILES string of the molecule is CC.CC(C)N1CCN(Cc2cccnc2)CC1=O. The van der Waals surface area contributed by atoms with Crippen LogP contribution in [0.15, 0.2) is 24.5 Å². The third-order valence-electron chi connectivity index (χ3n) is 3.09. The predicted octanol–water partition coefficient (Wildman–Crippen LogP) is 2.16. The molecule has 0 radical (unpaired) electrons. The van der Waals surface area contributed by atoms with Crippen LogP contribution in [0.4, 0.5) is 0 Å². The highest BCUT2D eigenvalue weighted by Gasteiger charge is 2.25. The molecule has 2 rings (SSSR count). The summed E-state index contributed by atoms with van der Waals surface area (Å²) in [5.74, 6) is 0.232. The second-order valence-corrected chi connectivity index (χ2v) is 4.75. The molecule has 4 nitrogen and oxygen atoms in total. The average Bonchev–Trinajstić information content (AvgIpc) is 2.42. The topological polar surface area (TPSA) is 36.4 Å². The van der Waals surface area contributed by atoms with Crippen LogP contribution in [-0.4, -0.2) is 46.4 Å². The number of nitrogens with zero attached hydrogens (tertiary/aromatic N) is 3. The summed E-state index contributed by atoms with van der Waals surface area (Å²) in [5, 5.41) is 0. The molecule has 0 N–H and O–H groups in total. The van der Waals surface area contributed by atoms with Crippen LogP contribution in [0, 0.1) is 0 Å². The van der Waals surface area contributed by atoms with E-state index in [0.29, 0.717) is 12.6 Å². The Kier molecular flexibility index (Phi) is 6.50. The zero-order valence-electron chi connectivity index (χ0n) is 12.5. The Hall–Kier alpha value is -1.42. The number of pyridine rings is 1. The first kappa shape index (κ1) is 15.6. The molecule has 1 aromatic heterocycles. The first-order valence-corrected chi connectivity index (χ1v) is 7.07. The van der Waals surface area contributed by atoms with E-state index in [9.17, 15) is 4.79 Å². The van der Waals surface area contributed by atoms with E-state index in [4.69, 9.17) is 0 Å². The molecule has 19 heavy (non-hydrogen) atoms. The van der Waals surface area contributed by atoms with Crippen LogP contribution < -0.4 is 0 Å². The van der Waals surface area contributed by atoms with Gasteiger partial charge in [0.2, 0.25) is 5.91 Å². The normalized spacial score (nSPS) is 16.3. The summed E-state index contributed by atoms with van der Waals surface area (Å²) in [5.41, 5.74) is 1.17. The highest BCUT2D eigenvalue weighted by Crippen LogP contribution is 2.10. The number of aromatic nitrogens is 1. The van der Waals surface area contributed by atoms with Gasteiger partial charge in [-0.15, -0.1) is 0 Å². The zero-order valence-corrected chi connectivity index (χ0v) is 12.5. The van der Waals surface area contributed by atoms with Crippen LogP contribution in [0.2, 0.25) is 0 Å². The predicted molar refractivity (Wildman–Crippen MR) is 77.7 cm³/mol. The molecule has 0 saturated carbocycles. The van der Waals surface area contributed by atoms with Crippen molar-refractivity contribution in [3.05, 3.63) is 30.1 Å². The van der Waals surface area contributed by atoms with Gasteiger partial charge in [-0.2, -0.15) is 0 Å². The monoisotopic (exact) mass is 263 g/mol. The molecule has 1 amide bonds. The summed E-state index contributed by atoms with van der Waals surface area (Å²) >= 11 is 0. The van der Waals surface area contributed by atoms with Crippen molar-refractivity contribution in [3.63, 3.8) is 0 Å². The van der Waals surface area contributed by atoms with Gasteiger partial charge in [0.25, 0.3) is 0 Å². The van der Waals surface area contributed by atoms with E-state index in [0.717, 1.165) is 19.6 Å². The minimum Gasteiger partial charge on any atom is -0.338 e. The molecule has 1 aliphatic heterocycles. The fraction of sp³-hybridized carbons (Fsp3) is 0.600. The quantitative estimate of drug-likeness (QED) is 0.838. The molecular formula is C15H25N3O. The Morgan fingerprint density at radius 1 is 1.32 bits per heavy atom. The summed E-state index contributed by atoms with van der Waals surface area (Å²) in [7, 11) is 0. The number of amides is 1. The molecular weight excluding hydrogens is 238 g/mol. The van der Waals surface area contributed by atoms with Gasteiger partial charge >= 0.3 is 0 Å². The Morgan fingerprint density at radius 3 is 2.58 bits per heavy atom. The van der Waals surface area contributed by atoms with Crippen LogP contribution in [0.1, 0.15) is 33.3 Å². The van der Waals surface area contributed by atoms with Crippen molar-refractivity contribution in [2.75, 3.05) is 19.6 Å². The van der Waals surface area contributed by atoms with E-state index in [-0.39, 0.29) is 5.91 Å². The molecule has 4 heteroatoms. The summed E-state index contributed by atoms with van der Waals surface area (Å²) in [4.78, 5) is 20.1. The molecule has 1 fully saturated rings. The maximum atomic E-state index is 11.9. The van der Waals surface area contributed by atoms with Crippen molar-refractivity contribution in [1.29, 1.82) is 0 Å². The van der Waals surface area contributed by atoms with Gasteiger partial charge in [0.1, 0.15) is 0 Å². The van der Waals surface area contributed by atoms with E-state index < -0.39 is 0 Å². The average molecular weight is 263 g/mol. The van der Waals surface area contributed by atoms with Crippen molar-refractivity contribution in [2.45, 2.75) is 40.3 Å². The molecule has 0 unspecified atom stereocenters. The summed E-state index contributed by atoms with van der Waals surface area (Å²) in [6.07, 6.45) is 3.63. The molecule has 1 aliphatic rings. The fourth-order valence-corrected chi connectivity index (χ4v) is 2.17. The lowest BCUT2D eigenvalue weighted by molar-refractivity contribution is -0.138. The van der Waals surface area contributed by atoms with Crippen molar-refractivity contribution in [1.82, 2.24) is 14.8 Å². The second kappa shape index (κ2) is 7.89. The van der Waals surface area contributed by atoms with Gasteiger partial charge in [0.15, 0.2) is 0 Å². The third kappa shape index (κ3) is 4.63. The Balaban J connectivity index is 0.000000861. The highest BCUT2D eigenvalue weighted by molar-refractivity contribution is 5.79. The van der Waals surface area contributed by atoms with Gasteiger partial charge in [0.05, 0.1) is 6.54 Å². The number of piperazine rings is 1. The van der Waals surface area contributed by atoms with Crippen LogP contribution >= 0.6 is 0 Å². The lowest BCUT2D eigenvalue weighted by Crippen LogP contribution is -2.52. The van der Waals surface area contributed by atoms with Crippen LogP contribution in [-0.2, 0) is 11.3 Å². The van der Waals surface area contributed by atoms with Gasteiger partial charge in [-0.1, -0.05) is 19.9 Å². The Labute approximate surface area is 116 Å². The molecule has 1 saturated heterocycles. The largest absolute Gasteiger partial charge is 0.338 e.